The number of carbonyl (C=O) groups is 1. The Morgan fingerprint density at radius 3 is 2.69 bits per heavy atom. The minimum Gasteiger partial charge on any atom is -0.508 e. The Morgan fingerprint density at radius 2 is 1.97 bits per heavy atom. The number of benzene rings is 2. The number of aromatic hydroxyl groups is 1. The van der Waals surface area contributed by atoms with E-state index in [4.69, 9.17) is 16.3 Å². The summed E-state index contributed by atoms with van der Waals surface area (Å²) in [5.41, 5.74) is 2.37. The van der Waals surface area contributed by atoms with Crippen molar-refractivity contribution in [2.75, 3.05) is 13.2 Å². The zero-order valence-corrected chi connectivity index (χ0v) is 18.5. The van der Waals surface area contributed by atoms with Crippen LogP contribution in [0.25, 0.3) is 0 Å². The van der Waals surface area contributed by atoms with Crippen molar-refractivity contribution in [3.05, 3.63) is 63.9 Å². The van der Waals surface area contributed by atoms with Crippen LogP contribution in [0, 0.1) is 11.7 Å². The highest BCUT2D eigenvalue weighted by Crippen LogP contribution is 2.50. The van der Waals surface area contributed by atoms with Crippen molar-refractivity contribution in [3.8, 4) is 5.75 Å². The molecule has 3 aliphatic rings. The molecule has 2 fully saturated rings. The Bertz CT molecular complexity index is 1030. The maximum Gasteiger partial charge on any atom is 0.308 e. The summed E-state index contributed by atoms with van der Waals surface area (Å²) in [7, 11) is 0. The summed E-state index contributed by atoms with van der Waals surface area (Å²) in [6.07, 6.45) is 4.58. The Morgan fingerprint density at radius 1 is 1.22 bits per heavy atom. The van der Waals surface area contributed by atoms with Crippen LogP contribution in [-0.4, -0.2) is 46.3 Å². The second-order valence-corrected chi connectivity index (χ2v) is 9.81. The number of rotatable bonds is 5. The number of aliphatic carboxylic acids is 1. The molecular formula is C25H27ClFNO4. The molecule has 32 heavy (non-hydrogen) atoms. The highest BCUT2D eigenvalue weighted by Gasteiger charge is 2.52. The van der Waals surface area contributed by atoms with Gasteiger partial charge in [0.25, 0.3) is 0 Å². The highest BCUT2D eigenvalue weighted by atomic mass is 35.5. The van der Waals surface area contributed by atoms with Crippen molar-refractivity contribution in [2.45, 2.75) is 56.2 Å². The van der Waals surface area contributed by atoms with Crippen molar-refractivity contribution < 1.29 is 24.1 Å². The molecule has 3 heterocycles. The molecule has 1 spiro atoms. The summed E-state index contributed by atoms with van der Waals surface area (Å²) in [5.74, 6) is -1.62. The number of hydrogen-bond donors (Lipinski definition) is 2. The number of ether oxygens (including phenoxy) is 1. The Hall–Kier alpha value is -2.15. The molecule has 3 unspecified atom stereocenters. The van der Waals surface area contributed by atoms with Gasteiger partial charge in [-0.15, -0.1) is 0 Å². The van der Waals surface area contributed by atoms with Crippen LogP contribution in [-0.2, 0) is 28.0 Å². The molecule has 7 heteroatoms. The Kier molecular flexibility index (Phi) is 5.64. The van der Waals surface area contributed by atoms with Gasteiger partial charge in [0.2, 0.25) is 0 Å². The van der Waals surface area contributed by atoms with Crippen molar-refractivity contribution in [1.82, 2.24) is 4.90 Å². The minimum atomic E-state index is -0.862. The fourth-order valence-corrected chi connectivity index (χ4v) is 6.24. The first-order chi connectivity index (χ1) is 15.3. The van der Waals surface area contributed by atoms with Crippen molar-refractivity contribution in [3.63, 3.8) is 0 Å². The second kappa shape index (κ2) is 8.32. The summed E-state index contributed by atoms with van der Waals surface area (Å²) in [6, 6.07) is 10.1. The van der Waals surface area contributed by atoms with E-state index in [0.29, 0.717) is 23.7 Å². The van der Waals surface area contributed by atoms with E-state index in [9.17, 15) is 19.4 Å². The molecule has 0 radical (unpaired) electrons. The third-order valence-electron chi connectivity index (χ3n) is 7.49. The largest absolute Gasteiger partial charge is 0.508 e. The van der Waals surface area contributed by atoms with Crippen LogP contribution in [0.15, 0.2) is 36.4 Å². The Labute approximate surface area is 191 Å². The van der Waals surface area contributed by atoms with E-state index in [1.54, 1.807) is 18.2 Å². The quantitative estimate of drug-likeness (QED) is 0.687. The molecule has 2 saturated heterocycles. The van der Waals surface area contributed by atoms with Gasteiger partial charge in [0.15, 0.2) is 0 Å². The molecule has 3 atom stereocenters. The van der Waals surface area contributed by atoms with Gasteiger partial charge in [0, 0.05) is 23.7 Å². The first-order valence-corrected chi connectivity index (χ1v) is 11.6. The van der Waals surface area contributed by atoms with Gasteiger partial charge in [0.1, 0.15) is 11.6 Å². The van der Waals surface area contributed by atoms with Crippen LogP contribution in [0.5, 0.6) is 5.75 Å². The number of halogens is 2. The number of phenolic OH excluding ortho intramolecular Hbond substituents is 1. The lowest BCUT2D eigenvalue weighted by Gasteiger charge is -2.49. The van der Waals surface area contributed by atoms with Crippen LogP contribution < -0.4 is 0 Å². The van der Waals surface area contributed by atoms with Crippen LogP contribution in [0.3, 0.4) is 0 Å². The number of fused-ring (bicyclic) bond motifs is 4. The molecule has 0 aromatic heterocycles. The van der Waals surface area contributed by atoms with Gasteiger partial charge in [-0.1, -0.05) is 17.7 Å². The van der Waals surface area contributed by atoms with E-state index in [0.717, 1.165) is 43.2 Å². The van der Waals surface area contributed by atoms with Crippen molar-refractivity contribution in [1.29, 1.82) is 0 Å². The van der Waals surface area contributed by atoms with Gasteiger partial charge >= 0.3 is 5.97 Å². The van der Waals surface area contributed by atoms with E-state index >= 15 is 0 Å². The Balaban J connectivity index is 1.36. The molecular weight excluding hydrogens is 433 g/mol. The smallest absolute Gasteiger partial charge is 0.308 e. The first kappa shape index (κ1) is 21.7. The molecule has 0 aliphatic carbocycles. The number of carboxylic acids is 1. The predicted octanol–water partition coefficient (Wildman–Crippen LogP) is 4.52. The van der Waals surface area contributed by atoms with E-state index < -0.39 is 17.5 Å². The fraction of sp³-hybridized carbons (Fsp3) is 0.480. The van der Waals surface area contributed by atoms with Crippen LogP contribution in [0.4, 0.5) is 4.39 Å². The number of hydrogen-bond acceptors (Lipinski definition) is 4. The molecule has 0 saturated carbocycles. The molecule has 170 valence electrons. The highest BCUT2D eigenvalue weighted by molar-refractivity contribution is 6.31. The third kappa shape index (κ3) is 3.89. The fourth-order valence-electron chi connectivity index (χ4n) is 6.05. The molecule has 3 aliphatic heterocycles. The topological polar surface area (TPSA) is 70.0 Å². The molecule has 2 N–H and O–H groups in total. The molecule has 2 aromatic rings. The average Bonchev–Trinajstić information content (AvgIpc) is 2.99. The zero-order valence-electron chi connectivity index (χ0n) is 17.8. The number of piperidine rings is 1. The first-order valence-electron chi connectivity index (χ1n) is 11.2. The van der Waals surface area contributed by atoms with Crippen molar-refractivity contribution >= 4 is 17.6 Å². The van der Waals surface area contributed by atoms with Gasteiger partial charge < -0.3 is 14.9 Å². The molecule has 5 nitrogen and oxygen atoms in total. The zero-order chi connectivity index (χ0) is 22.5. The third-order valence-corrected chi connectivity index (χ3v) is 7.85. The van der Waals surface area contributed by atoms with Gasteiger partial charge in [-0.3, -0.25) is 9.69 Å². The SMILES string of the molecule is O=C(O)C(Cc1cc(O)ccc1Cl)CN1C2CCC1CC1(C2)OCCc2cc(F)ccc21. The van der Waals surface area contributed by atoms with E-state index in [1.807, 2.05) is 6.07 Å². The minimum absolute atomic E-state index is 0.0815. The lowest BCUT2D eigenvalue weighted by molar-refractivity contribution is -0.145. The lowest BCUT2D eigenvalue weighted by atomic mass is 9.76. The van der Waals surface area contributed by atoms with Gasteiger partial charge in [-0.2, -0.15) is 0 Å². The van der Waals surface area contributed by atoms with Crippen LogP contribution in [0.2, 0.25) is 5.02 Å². The second-order valence-electron chi connectivity index (χ2n) is 9.40. The van der Waals surface area contributed by atoms with Gasteiger partial charge in [0.05, 0.1) is 18.1 Å². The summed E-state index contributed by atoms with van der Waals surface area (Å²) < 4.78 is 20.2. The average molecular weight is 460 g/mol. The maximum absolute atomic E-state index is 13.8. The molecule has 2 aromatic carbocycles. The monoisotopic (exact) mass is 459 g/mol. The number of nitrogens with zero attached hydrogens (tertiary/aromatic N) is 1. The standard InChI is InChI=1S/C25H27ClFNO4/c26-23-6-4-21(29)11-16(23)9-17(24(30)31)14-28-19-2-3-20(28)13-25(12-19)22-5-1-18(27)10-15(22)7-8-32-25/h1,4-6,10-11,17,19-20,29H,2-3,7-9,12-14H2,(H,30,31). The van der Waals surface area contributed by atoms with E-state index in [1.165, 1.54) is 12.1 Å². The van der Waals surface area contributed by atoms with Crippen LogP contribution in [0.1, 0.15) is 42.4 Å². The number of phenols is 1. The summed E-state index contributed by atoms with van der Waals surface area (Å²) >= 11 is 6.25. The summed E-state index contributed by atoms with van der Waals surface area (Å²) in [6.45, 7) is 1.02. The number of carboxylic acid groups (broad SMARTS) is 1. The van der Waals surface area contributed by atoms with Gasteiger partial charge in [-0.25, -0.2) is 4.39 Å². The van der Waals surface area contributed by atoms with Crippen LogP contribution >= 0.6 is 11.6 Å². The lowest BCUT2D eigenvalue weighted by Crippen LogP contribution is -2.53. The summed E-state index contributed by atoms with van der Waals surface area (Å²) in [4.78, 5) is 14.4. The van der Waals surface area contributed by atoms with Crippen molar-refractivity contribution in [2.24, 2.45) is 5.92 Å². The van der Waals surface area contributed by atoms with E-state index in [2.05, 4.69) is 4.90 Å². The molecule has 2 bridgehead atoms. The molecule has 0 amide bonds. The normalized spacial score (nSPS) is 27.9. The predicted molar refractivity (Wildman–Crippen MR) is 118 cm³/mol. The summed E-state index contributed by atoms with van der Waals surface area (Å²) in [5, 5.41) is 20.2. The maximum atomic E-state index is 13.8. The van der Waals surface area contributed by atoms with E-state index in [-0.39, 0.29) is 30.1 Å². The van der Waals surface area contributed by atoms with Gasteiger partial charge in [-0.05, 0) is 85.5 Å². The molecule has 5 rings (SSSR count).